The van der Waals surface area contributed by atoms with Crippen LogP contribution in [-0.2, 0) is 27.1 Å². The molecule has 0 unspecified atom stereocenters. The largest absolute Gasteiger partial charge is 0.343 e. The maximum Gasteiger partial charge on any atom is 0.227 e. The Balaban J connectivity index is 1.66. The number of aryl methyl sites for hydroxylation is 2. The minimum absolute atomic E-state index is 0.0987. The molecule has 0 saturated heterocycles. The lowest BCUT2D eigenvalue weighted by Crippen LogP contribution is -2.45. The van der Waals surface area contributed by atoms with Crippen molar-refractivity contribution in [2.45, 2.75) is 97.1 Å². The predicted molar refractivity (Wildman–Crippen MR) is 116 cm³/mol. The van der Waals surface area contributed by atoms with Gasteiger partial charge < -0.3 is 15.2 Å². The predicted octanol–water partition coefficient (Wildman–Crippen LogP) is 3.59. The Morgan fingerprint density at radius 1 is 1.19 bits per heavy atom. The second kappa shape index (κ2) is 9.20. The van der Waals surface area contributed by atoms with Gasteiger partial charge in [-0.3, -0.25) is 9.59 Å². The first-order valence-electron chi connectivity index (χ1n) is 11.1. The molecular formula is C22H34N6O3. The highest BCUT2D eigenvalue weighted by atomic mass is 16.5. The topological polar surface area (TPSA) is 115 Å². The van der Waals surface area contributed by atoms with Crippen LogP contribution in [0.25, 0.3) is 0 Å². The minimum atomic E-state index is -0.580. The van der Waals surface area contributed by atoms with Crippen molar-refractivity contribution in [3.8, 4) is 0 Å². The van der Waals surface area contributed by atoms with E-state index in [9.17, 15) is 9.59 Å². The molecule has 31 heavy (non-hydrogen) atoms. The van der Waals surface area contributed by atoms with Gasteiger partial charge in [-0.05, 0) is 40.5 Å². The third kappa shape index (κ3) is 5.71. The van der Waals surface area contributed by atoms with Gasteiger partial charge in [0.25, 0.3) is 0 Å². The van der Waals surface area contributed by atoms with Crippen LogP contribution in [0.4, 0.5) is 5.82 Å². The molecule has 1 aliphatic carbocycles. The van der Waals surface area contributed by atoms with Crippen LogP contribution < -0.4 is 10.6 Å². The van der Waals surface area contributed by atoms with Crippen molar-refractivity contribution < 1.29 is 14.1 Å². The van der Waals surface area contributed by atoms with E-state index in [2.05, 4.69) is 25.9 Å². The molecule has 9 heteroatoms. The van der Waals surface area contributed by atoms with E-state index in [-0.39, 0.29) is 23.8 Å². The van der Waals surface area contributed by atoms with Gasteiger partial charge in [0.05, 0.1) is 11.2 Å². The summed E-state index contributed by atoms with van der Waals surface area (Å²) in [5.41, 5.74) is 0.0244. The van der Waals surface area contributed by atoms with E-state index < -0.39 is 5.54 Å². The van der Waals surface area contributed by atoms with Crippen molar-refractivity contribution in [2.75, 3.05) is 5.32 Å². The Kier molecular flexibility index (Phi) is 6.81. The van der Waals surface area contributed by atoms with Gasteiger partial charge in [-0.15, -0.1) is 0 Å². The molecule has 2 N–H and O–H groups in total. The lowest BCUT2D eigenvalue weighted by atomic mass is 9.89. The van der Waals surface area contributed by atoms with Gasteiger partial charge >= 0.3 is 0 Å². The Morgan fingerprint density at radius 2 is 1.87 bits per heavy atom. The first-order chi connectivity index (χ1) is 14.6. The van der Waals surface area contributed by atoms with Crippen molar-refractivity contribution in [3.05, 3.63) is 23.5 Å². The van der Waals surface area contributed by atoms with Gasteiger partial charge in [0.15, 0.2) is 5.82 Å². The molecule has 0 radical (unpaired) electrons. The number of anilines is 1. The molecule has 2 heterocycles. The van der Waals surface area contributed by atoms with Crippen LogP contribution in [0.2, 0.25) is 0 Å². The standard InChI is InChI=1S/C22H34N6O3/c1-15-14-17(28(26-15)21(3,4)5)23-18(30)10-11-19-24-20(27-31-19)22(25-16(2)29)12-8-6-7-9-13-22/h14H,6-13H2,1-5H3,(H,23,30)(H,25,29). The van der Waals surface area contributed by atoms with Gasteiger partial charge in [0.1, 0.15) is 11.4 Å². The first-order valence-corrected chi connectivity index (χ1v) is 11.1. The van der Waals surface area contributed by atoms with Crippen LogP contribution in [0.15, 0.2) is 10.6 Å². The zero-order valence-corrected chi connectivity index (χ0v) is 19.2. The smallest absolute Gasteiger partial charge is 0.227 e. The highest BCUT2D eigenvalue weighted by molar-refractivity contribution is 5.90. The molecule has 0 aliphatic heterocycles. The summed E-state index contributed by atoms with van der Waals surface area (Å²) in [6, 6.07) is 1.86. The summed E-state index contributed by atoms with van der Waals surface area (Å²) in [5, 5.41) is 14.7. The van der Waals surface area contributed by atoms with Crippen molar-refractivity contribution in [1.82, 2.24) is 25.2 Å². The second-order valence-electron chi connectivity index (χ2n) is 9.49. The van der Waals surface area contributed by atoms with E-state index in [1.807, 2.05) is 38.4 Å². The monoisotopic (exact) mass is 430 g/mol. The number of hydrogen-bond donors (Lipinski definition) is 2. The lowest BCUT2D eigenvalue weighted by Gasteiger charge is -2.30. The normalized spacial score (nSPS) is 16.5. The summed E-state index contributed by atoms with van der Waals surface area (Å²) in [7, 11) is 0. The molecular weight excluding hydrogens is 396 g/mol. The summed E-state index contributed by atoms with van der Waals surface area (Å²) >= 11 is 0. The number of nitrogens with one attached hydrogen (secondary N) is 2. The summed E-state index contributed by atoms with van der Waals surface area (Å²) in [5.74, 6) is 1.35. The third-order valence-corrected chi connectivity index (χ3v) is 5.57. The number of hydrogen-bond acceptors (Lipinski definition) is 6. The van der Waals surface area contributed by atoms with E-state index in [0.717, 1.165) is 44.2 Å². The summed E-state index contributed by atoms with van der Waals surface area (Å²) < 4.78 is 7.25. The molecule has 0 atom stereocenters. The summed E-state index contributed by atoms with van der Waals surface area (Å²) in [6.45, 7) is 9.52. The van der Waals surface area contributed by atoms with Crippen LogP contribution in [0.5, 0.6) is 0 Å². The molecule has 1 fully saturated rings. The quantitative estimate of drug-likeness (QED) is 0.677. The fourth-order valence-corrected chi connectivity index (χ4v) is 4.15. The average Bonchev–Trinajstić information content (AvgIpc) is 3.22. The Bertz CT molecular complexity index is 916. The van der Waals surface area contributed by atoms with E-state index in [0.29, 0.717) is 24.0 Å². The van der Waals surface area contributed by atoms with Gasteiger partial charge in [-0.1, -0.05) is 30.8 Å². The molecule has 2 aromatic rings. The molecule has 3 rings (SSSR count). The third-order valence-electron chi connectivity index (χ3n) is 5.57. The van der Waals surface area contributed by atoms with Crippen molar-refractivity contribution in [2.24, 2.45) is 0 Å². The van der Waals surface area contributed by atoms with Gasteiger partial charge in [0.2, 0.25) is 17.7 Å². The summed E-state index contributed by atoms with van der Waals surface area (Å²) in [6.07, 6.45) is 6.42. The zero-order chi connectivity index (χ0) is 22.6. The molecule has 9 nitrogen and oxygen atoms in total. The number of aromatic nitrogens is 4. The van der Waals surface area contributed by atoms with Crippen LogP contribution in [0.1, 0.15) is 90.0 Å². The fraction of sp³-hybridized carbons (Fsp3) is 0.682. The Hall–Kier alpha value is -2.71. The molecule has 2 amide bonds. The molecule has 1 aliphatic rings. The highest BCUT2D eigenvalue weighted by Crippen LogP contribution is 2.34. The molecule has 2 aromatic heterocycles. The highest BCUT2D eigenvalue weighted by Gasteiger charge is 2.38. The summed E-state index contributed by atoms with van der Waals surface area (Å²) in [4.78, 5) is 28.9. The van der Waals surface area contributed by atoms with E-state index in [4.69, 9.17) is 4.52 Å². The number of carbonyl (C=O) groups excluding carboxylic acids is 2. The Labute approximate surface area is 183 Å². The molecule has 0 bridgehead atoms. The zero-order valence-electron chi connectivity index (χ0n) is 19.2. The van der Waals surface area contributed by atoms with Crippen LogP contribution in [-0.4, -0.2) is 31.7 Å². The lowest BCUT2D eigenvalue weighted by molar-refractivity contribution is -0.121. The SMILES string of the molecule is CC(=O)NC1(c2noc(CCC(=O)Nc3cc(C)nn3C(C)(C)C)n2)CCCCCC1. The second-order valence-corrected chi connectivity index (χ2v) is 9.49. The van der Waals surface area contributed by atoms with Crippen LogP contribution >= 0.6 is 0 Å². The van der Waals surface area contributed by atoms with Crippen LogP contribution in [0, 0.1) is 6.92 Å². The first kappa shape index (κ1) is 23.0. The Morgan fingerprint density at radius 3 is 2.48 bits per heavy atom. The maximum absolute atomic E-state index is 12.5. The minimum Gasteiger partial charge on any atom is -0.343 e. The van der Waals surface area contributed by atoms with Crippen molar-refractivity contribution in [3.63, 3.8) is 0 Å². The molecule has 0 spiro atoms. The fourth-order valence-electron chi connectivity index (χ4n) is 4.15. The molecule has 1 saturated carbocycles. The molecule has 0 aromatic carbocycles. The van der Waals surface area contributed by atoms with E-state index >= 15 is 0 Å². The van der Waals surface area contributed by atoms with Gasteiger partial charge in [-0.2, -0.15) is 10.1 Å². The van der Waals surface area contributed by atoms with E-state index in [1.165, 1.54) is 6.92 Å². The number of amides is 2. The number of carbonyl (C=O) groups is 2. The number of nitrogens with zero attached hydrogens (tertiary/aromatic N) is 4. The van der Waals surface area contributed by atoms with Gasteiger partial charge in [0, 0.05) is 25.8 Å². The average molecular weight is 431 g/mol. The van der Waals surface area contributed by atoms with E-state index in [1.54, 1.807) is 0 Å². The molecule has 170 valence electrons. The maximum atomic E-state index is 12.5. The number of rotatable bonds is 6. The van der Waals surface area contributed by atoms with Crippen molar-refractivity contribution in [1.29, 1.82) is 0 Å². The van der Waals surface area contributed by atoms with Gasteiger partial charge in [-0.25, -0.2) is 4.68 Å². The van der Waals surface area contributed by atoms with Crippen molar-refractivity contribution >= 4 is 17.6 Å². The van der Waals surface area contributed by atoms with Crippen LogP contribution in [0.3, 0.4) is 0 Å².